The van der Waals surface area contributed by atoms with Crippen LogP contribution >= 0.6 is 54.5 Å². The topological polar surface area (TPSA) is 71.0 Å². The predicted octanol–water partition coefficient (Wildman–Crippen LogP) is 16.8. The minimum absolute atomic E-state index is 0.328. The Balaban J connectivity index is 0.000000111. The highest BCUT2D eigenvalue weighted by Gasteiger charge is 2.51. The fourth-order valence-corrected chi connectivity index (χ4v) is 10.1. The number of rotatable bonds is 2. The Morgan fingerprint density at radius 1 is 0.422 bits per heavy atom. The SMILES string of the molecule is Brc1ccc(-c2ccc3oc4ccccc4c3c2)c2oc3ccccc3c12.Brc1ccc(I)c2oc3ccccc3c12.CC1(C)OB(c2ccc3oc4ccccc4c3c2)OC1(C)C. The zero-order valence-electron chi connectivity index (χ0n) is 35.2. The van der Waals surface area contributed by atoms with Crippen molar-refractivity contribution in [3.05, 3.63) is 170 Å². The molecule has 0 saturated carbocycles. The minimum atomic E-state index is -0.344. The summed E-state index contributed by atoms with van der Waals surface area (Å²) >= 11 is 9.56. The minimum Gasteiger partial charge on any atom is -0.456 e. The molecule has 12 aromatic rings. The molecule has 10 heteroatoms. The molecule has 1 aliphatic rings. The van der Waals surface area contributed by atoms with Crippen LogP contribution in [0.5, 0.6) is 0 Å². The highest BCUT2D eigenvalue weighted by molar-refractivity contribution is 14.1. The van der Waals surface area contributed by atoms with E-state index < -0.39 is 0 Å². The monoisotopic (exact) mass is 1080 g/mol. The second kappa shape index (κ2) is 16.0. The molecule has 64 heavy (non-hydrogen) atoms. The molecule has 0 N–H and O–H groups in total. The molecule has 4 aromatic heterocycles. The molecule has 1 saturated heterocycles. The average molecular weight is 1080 g/mol. The summed E-state index contributed by atoms with van der Waals surface area (Å²) in [6.45, 7) is 8.27. The van der Waals surface area contributed by atoms with Crippen LogP contribution in [0.25, 0.3) is 98.9 Å². The largest absolute Gasteiger partial charge is 0.494 e. The first-order valence-electron chi connectivity index (χ1n) is 21.0. The van der Waals surface area contributed by atoms with Gasteiger partial charge in [-0.3, -0.25) is 0 Å². The molecule has 5 heterocycles. The van der Waals surface area contributed by atoms with Crippen molar-refractivity contribution in [3.8, 4) is 11.1 Å². The third kappa shape index (κ3) is 7.05. The Morgan fingerprint density at radius 2 is 0.859 bits per heavy atom. The lowest BCUT2D eigenvalue weighted by atomic mass is 9.78. The van der Waals surface area contributed by atoms with Crippen LogP contribution in [0.3, 0.4) is 0 Å². The summed E-state index contributed by atoms with van der Waals surface area (Å²) in [6, 6.07) is 53.3. The number of benzene rings is 8. The molecule has 0 radical (unpaired) electrons. The predicted molar refractivity (Wildman–Crippen MR) is 278 cm³/mol. The van der Waals surface area contributed by atoms with E-state index in [2.05, 4.69) is 149 Å². The number of hydrogen-bond acceptors (Lipinski definition) is 6. The number of furan rings is 4. The van der Waals surface area contributed by atoms with Crippen LogP contribution in [0.2, 0.25) is 0 Å². The van der Waals surface area contributed by atoms with Crippen molar-refractivity contribution < 1.29 is 27.0 Å². The maximum absolute atomic E-state index is 6.25. The normalized spacial score (nSPS) is 14.6. The summed E-state index contributed by atoms with van der Waals surface area (Å²) in [7, 11) is -0.344. The molecule has 0 unspecified atom stereocenters. The van der Waals surface area contributed by atoms with E-state index in [0.717, 1.165) is 117 Å². The first-order chi connectivity index (χ1) is 30.9. The summed E-state index contributed by atoms with van der Waals surface area (Å²) < 4.78 is 39.4. The zero-order valence-corrected chi connectivity index (χ0v) is 40.5. The van der Waals surface area contributed by atoms with Crippen molar-refractivity contribution in [1.82, 2.24) is 0 Å². The second-order valence-electron chi connectivity index (χ2n) is 17.0. The zero-order chi connectivity index (χ0) is 43.9. The van der Waals surface area contributed by atoms with E-state index in [4.69, 9.17) is 27.0 Å². The van der Waals surface area contributed by atoms with Gasteiger partial charge in [0, 0.05) is 57.6 Å². The molecule has 6 nitrogen and oxygen atoms in total. The summed E-state index contributed by atoms with van der Waals surface area (Å²) in [6.07, 6.45) is 0. The van der Waals surface area contributed by atoms with Gasteiger partial charge in [-0.1, -0.05) is 123 Å². The molecule has 1 aliphatic heterocycles. The third-order valence-electron chi connectivity index (χ3n) is 12.5. The molecule has 314 valence electrons. The fraction of sp³-hybridized carbons (Fsp3) is 0.111. The third-order valence-corrected chi connectivity index (χ3v) is 14.7. The van der Waals surface area contributed by atoms with Gasteiger partial charge in [-0.15, -0.1) is 0 Å². The molecule has 0 amide bonds. The Labute approximate surface area is 399 Å². The maximum Gasteiger partial charge on any atom is 0.494 e. The van der Waals surface area contributed by atoms with Gasteiger partial charge in [0.25, 0.3) is 0 Å². The van der Waals surface area contributed by atoms with E-state index in [1.807, 2.05) is 91.0 Å². The van der Waals surface area contributed by atoms with Gasteiger partial charge in [0.1, 0.15) is 44.7 Å². The van der Waals surface area contributed by atoms with Crippen LogP contribution in [0.15, 0.2) is 184 Å². The van der Waals surface area contributed by atoms with E-state index in [9.17, 15) is 0 Å². The van der Waals surface area contributed by atoms with Gasteiger partial charge < -0.3 is 27.0 Å². The number of para-hydroxylation sites is 4. The van der Waals surface area contributed by atoms with Crippen LogP contribution in [0, 0.1) is 3.57 Å². The average Bonchev–Trinajstić information content (AvgIpc) is 4.11. The van der Waals surface area contributed by atoms with Crippen molar-refractivity contribution >= 4 is 155 Å². The Bertz CT molecular complexity index is 3750. The molecule has 0 spiro atoms. The standard InChI is InChI=1S/C24H13BrO2.C18H19BO3.C12H6BrIO/c25-19-11-10-15(24-23(19)17-6-2-4-8-21(17)27-24)14-9-12-22-18(13-14)16-5-1-3-7-20(16)26-22;1-17(2)18(3,4)22-19(21-17)12-9-10-16-14(11-12)13-7-5-6-8-15(13)20-16;13-8-5-6-9(14)12-11(8)7-3-1-2-4-10(7)15-12/h1-13H;5-11H,1-4H3;1-6H. The van der Waals surface area contributed by atoms with E-state index in [0.29, 0.717) is 0 Å². The highest BCUT2D eigenvalue weighted by atomic mass is 127. The quantitative estimate of drug-likeness (QED) is 0.127. The number of halogens is 3. The molecule has 0 bridgehead atoms. The fourth-order valence-electron chi connectivity index (χ4n) is 8.53. The summed E-state index contributed by atoms with van der Waals surface area (Å²) in [5, 5.41) is 9.04. The molecule has 8 aromatic carbocycles. The maximum atomic E-state index is 6.25. The number of fused-ring (bicyclic) bond motifs is 12. The molecular weight excluding hydrogens is 1040 g/mol. The highest BCUT2D eigenvalue weighted by Crippen LogP contribution is 2.42. The van der Waals surface area contributed by atoms with Gasteiger partial charge in [-0.05, 0) is 128 Å². The lowest BCUT2D eigenvalue weighted by Gasteiger charge is -2.32. The second-order valence-corrected chi connectivity index (χ2v) is 19.9. The van der Waals surface area contributed by atoms with Crippen LogP contribution in [0.1, 0.15) is 27.7 Å². The van der Waals surface area contributed by atoms with Gasteiger partial charge in [-0.2, -0.15) is 0 Å². The van der Waals surface area contributed by atoms with Crippen molar-refractivity contribution in [1.29, 1.82) is 0 Å². The Kier molecular flexibility index (Phi) is 10.3. The van der Waals surface area contributed by atoms with E-state index >= 15 is 0 Å². The number of hydrogen-bond donors (Lipinski definition) is 0. The lowest BCUT2D eigenvalue weighted by Crippen LogP contribution is -2.41. The molecule has 0 atom stereocenters. The van der Waals surface area contributed by atoms with Crippen LogP contribution < -0.4 is 5.46 Å². The molecule has 13 rings (SSSR count). The van der Waals surface area contributed by atoms with Gasteiger partial charge in [0.05, 0.1) is 14.8 Å². The Hall–Kier alpha value is -5.37. The summed E-state index contributed by atoms with van der Waals surface area (Å²) in [5.74, 6) is 0. The first-order valence-corrected chi connectivity index (χ1v) is 23.6. The lowest BCUT2D eigenvalue weighted by molar-refractivity contribution is 0.00578. The molecular formula is C54H38BBr2IO6. The smallest absolute Gasteiger partial charge is 0.456 e. The van der Waals surface area contributed by atoms with Gasteiger partial charge in [0.15, 0.2) is 0 Å². The van der Waals surface area contributed by atoms with Crippen LogP contribution in [-0.2, 0) is 9.31 Å². The molecule has 0 aliphatic carbocycles. The van der Waals surface area contributed by atoms with Gasteiger partial charge in [-0.25, -0.2) is 0 Å². The van der Waals surface area contributed by atoms with Gasteiger partial charge >= 0.3 is 7.12 Å². The summed E-state index contributed by atoms with van der Waals surface area (Å²) in [5.41, 5.74) is 9.88. The van der Waals surface area contributed by atoms with Crippen molar-refractivity contribution in [2.75, 3.05) is 0 Å². The van der Waals surface area contributed by atoms with Crippen molar-refractivity contribution in [3.63, 3.8) is 0 Å². The Morgan fingerprint density at radius 3 is 1.44 bits per heavy atom. The van der Waals surface area contributed by atoms with Crippen molar-refractivity contribution in [2.45, 2.75) is 38.9 Å². The van der Waals surface area contributed by atoms with E-state index in [1.54, 1.807) is 0 Å². The first kappa shape index (κ1) is 41.3. The van der Waals surface area contributed by atoms with Crippen molar-refractivity contribution in [2.24, 2.45) is 0 Å². The van der Waals surface area contributed by atoms with Crippen LogP contribution in [-0.4, -0.2) is 18.3 Å². The van der Waals surface area contributed by atoms with Gasteiger partial charge in [0.2, 0.25) is 0 Å². The van der Waals surface area contributed by atoms with E-state index in [-0.39, 0.29) is 18.3 Å². The summed E-state index contributed by atoms with van der Waals surface area (Å²) in [4.78, 5) is 0. The van der Waals surface area contributed by atoms with Crippen LogP contribution in [0.4, 0.5) is 0 Å². The van der Waals surface area contributed by atoms with E-state index in [1.165, 1.54) is 0 Å². The molecule has 1 fully saturated rings.